The van der Waals surface area contributed by atoms with Crippen LogP contribution < -0.4 is 4.74 Å². The molecular weight excluding hydrogens is 252 g/mol. The van der Waals surface area contributed by atoms with Gasteiger partial charge in [-0.1, -0.05) is 22.8 Å². The Morgan fingerprint density at radius 1 is 1.44 bits per heavy atom. The minimum absolute atomic E-state index is 0.302. The quantitative estimate of drug-likeness (QED) is 0.851. The zero-order valence-corrected chi connectivity index (χ0v) is 10.8. The Hall–Kier alpha value is -1.99. The average Bonchev–Trinajstić information content (AvgIpc) is 2.67. The first-order chi connectivity index (χ1) is 8.63. The van der Waals surface area contributed by atoms with Crippen LogP contribution in [0.1, 0.15) is 22.6 Å². The Kier molecular flexibility index (Phi) is 3.54. The van der Waals surface area contributed by atoms with Gasteiger partial charge in [-0.2, -0.15) is 5.26 Å². The lowest BCUT2D eigenvalue weighted by molar-refractivity contribution is 0.301. The predicted octanol–water partition coefficient (Wildman–Crippen LogP) is 3.40. The molecule has 1 aromatic heterocycles. The van der Waals surface area contributed by atoms with Gasteiger partial charge in [-0.15, -0.1) is 0 Å². The smallest absolute Gasteiger partial charge is 0.140 e. The molecule has 2 aromatic rings. The van der Waals surface area contributed by atoms with Gasteiger partial charge >= 0.3 is 0 Å². The fourth-order valence-corrected chi connectivity index (χ4v) is 1.80. The minimum atomic E-state index is 0.302. The number of halogens is 1. The molecule has 5 heteroatoms. The van der Waals surface area contributed by atoms with Crippen molar-refractivity contribution in [3.63, 3.8) is 0 Å². The van der Waals surface area contributed by atoms with E-state index in [-0.39, 0.29) is 0 Å². The molecule has 0 aliphatic heterocycles. The molecule has 4 nitrogen and oxygen atoms in total. The second-order valence-electron chi connectivity index (χ2n) is 3.82. The van der Waals surface area contributed by atoms with E-state index in [0.717, 1.165) is 11.3 Å². The lowest BCUT2D eigenvalue weighted by atomic mass is 10.2. The molecule has 92 valence electrons. The van der Waals surface area contributed by atoms with Crippen LogP contribution in [-0.2, 0) is 6.61 Å². The lowest BCUT2D eigenvalue weighted by Gasteiger charge is -2.08. The number of nitrogens with zero attached hydrogens (tertiary/aromatic N) is 2. The van der Waals surface area contributed by atoms with Crippen molar-refractivity contribution in [2.75, 3.05) is 0 Å². The molecule has 0 saturated heterocycles. The molecule has 1 aromatic carbocycles. The molecule has 0 unspecified atom stereocenters. The van der Waals surface area contributed by atoms with E-state index in [1.54, 1.807) is 18.2 Å². The average molecular weight is 263 g/mol. The van der Waals surface area contributed by atoms with E-state index in [4.69, 9.17) is 26.1 Å². The largest absolute Gasteiger partial charge is 0.487 e. The van der Waals surface area contributed by atoms with E-state index in [1.165, 1.54) is 0 Å². The van der Waals surface area contributed by atoms with Gasteiger partial charge in [0.05, 0.1) is 16.3 Å². The van der Waals surface area contributed by atoms with Gasteiger partial charge in [0.15, 0.2) is 0 Å². The second-order valence-corrected chi connectivity index (χ2v) is 4.22. The van der Waals surface area contributed by atoms with Crippen LogP contribution in [0.3, 0.4) is 0 Å². The standard InChI is InChI=1S/C13H11ClN2O2/c1-8-11(9(2)18-16-8)7-17-13-5-3-4-12(14)10(13)6-15/h3-5H,7H2,1-2H3. The maximum atomic E-state index is 9.02. The van der Waals surface area contributed by atoms with Gasteiger partial charge in [0, 0.05) is 0 Å². The Morgan fingerprint density at radius 3 is 2.83 bits per heavy atom. The number of aromatic nitrogens is 1. The Bertz CT molecular complexity index is 594. The van der Waals surface area contributed by atoms with Crippen LogP contribution in [-0.4, -0.2) is 5.16 Å². The summed E-state index contributed by atoms with van der Waals surface area (Å²) < 4.78 is 10.7. The van der Waals surface area contributed by atoms with Crippen LogP contribution in [0.25, 0.3) is 0 Å². The van der Waals surface area contributed by atoms with Gasteiger partial charge in [-0.25, -0.2) is 0 Å². The fraction of sp³-hybridized carbons (Fsp3) is 0.231. The third-order valence-electron chi connectivity index (χ3n) is 2.64. The predicted molar refractivity (Wildman–Crippen MR) is 66.5 cm³/mol. The van der Waals surface area contributed by atoms with Gasteiger partial charge in [-0.05, 0) is 26.0 Å². The number of hydrogen-bond acceptors (Lipinski definition) is 4. The van der Waals surface area contributed by atoms with E-state index in [0.29, 0.717) is 28.7 Å². The summed E-state index contributed by atoms with van der Waals surface area (Å²) in [5, 5.41) is 13.2. The number of rotatable bonds is 3. The van der Waals surface area contributed by atoms with Crippen LogP contribution in [0.5, 0.6) is 5.75 Å². The molecule has 0 amide bonds. The van der Waals surface area contributed by atoms with Crippen molar-refractivity contribution in [2.24, 2.45) is 0 Å². The Labute approximate surface area is 110 Å². The normalized spacial score (nSPS) is 10.1. The van der Waals surface area contributed by atoms with Crippen LogP contribution in [0, 0.1) is 25.2 Å². The lowest BCUT2D eigenvalue weighted by Crippen LogP contribution is -1.99. The summed E-state index contributed by atoms with van der Waals surface area (Å²) >= 11 is 5.92. The van der Waals surface area contributed by atoms with Crippen molar-refractivity contribution in [1.82, 2.24) is 5.16 Å². The Balaban J connectivity index is 2.22. The summed E-state index contributed by atoms with van der Waals surface area (Å²) in [5.74, 6) is 1.18. The van der Waals surface area contributed by atoms with Gasteiger partial charge in [0.25, 0.3) is 0 Å². The molecule has 0 spiro atoms. The van der Waals surface area contributed by atoms with Crippen LogP contribution in [0.15, 0.2) is 22.7 Å². The van der Waals surface area contributed by atoms with Crippen molar-refractivity contribution in [1.29, 1.82) is 5.26 Å². The molecule has 0 fully saturated rings. The van der Waals surface area contributed by atoms with Crippen LogP contribution in [0.4, 0.5) is 0 Å². The van der Waals surface area contributed by atoms with Gasteiger partial charge in [0.1, 0.15) is 29.7 Å². The van der Waals surface area contributed by atoms with E-state index < -0.39 is 0 Å². The number of aryl methyl sites for hydroxylation is 2. The van der Waals surface area contributed by atoms with E-state index in [9.17, 15) is 0 Å². The molecular formula is C13H11ClN2O2. The van der Waals surface area contributed by atoms with Crippen molar-refractivity contribution in [2.45, 2.75) is 20.5 Å². The third-order valence-corrected chi connectivity index (χ3v) is 2.96. The maximum Gasteiger partial charge on any atom is 0.140 e. The highest BCUT2D eigenvalue weighted by Crippen LogP contribution is 2.26. The molecule has 2 rings (SSSR count). The minimum Gasteiger partial charge on any atom is -0.487 e. The van der Waals surface area contributed by atoms with Crippen LogP contribution in [0.2, 0.25) is 5.02 Å². The van der Waals surface area contributed by atoms with Gasteiger partial charge < -0.3 is 9.26 Å². The topological polar surface area (TPSA) is 59.1 Å². The van der Waals surface area contributed by atoms with Crippen molar-refractivity contribution in [3.05, 3.63) is 45.8 Å². The zero-order chi connectivity index (χ0) is 13.1. The summed E-state index contributed by atoms with van der Waals surface area (Å²) in [7, 11) is 0. The molecule has 0 aliphatic carbocycles. The van der Waals surface area contributed by atoms with E-state index in [2.05, 4.69) is 5.16 Å². The maximum absolute atomic E-state index is 9.02. The molecule has 0 radical (unpaired) electrons. The zero-order valence-electron chi connectivity index (χ0n) is 10.0. The molecule has 0 bridgehead atoms. The van der Waals surface area contributed by atoms with Crippen molar-refractivity contribution < 1.29 is 9.26 Å². The first-order valence-corrected chi connectivity index (χ1v) is 5.74. The first kappa shape index (κ1) is 12.5. The number of ether oxygens (including phenoxy) is 1. The van der Waals surface area contributed by atoms with Crippen molar-refractivity contribution >= 4 is 11.6 Å². The Morgan fingerprint density at radius 2 is 2.22 bits per heavy atom. The summed E-state index contributed by atoms with van der Waals surface area (Å²) in [6, 6.07) is 7.14. The number of benzene rings is 1. The number of nitriles is 1. The molecule has 0 aliphatic rings. The number of hydrogen-bond donors (Lipinski definition) is 0. The highest BCUT2D eigenvalue weighted by atomic mass is 35.5. The first-order valence-electron chi connectivity index (χ1n) is 5.36. The van der Waals surface area contributed by atoms with E-state index >= 15 is 0 Å². The summed E-state index contributed by atoms with van der Waals surface area (Å²) in [5.41, 5.74) is 2.01. The van der Waals surface area contributed by atoms with Gasteiger partial charge in [-0.3, -0.25) is 0 Å². The highest BCUT2D eigenvalue weighted by molar-refractivity contribution is 6.31. The fourth-order valence-electron chi connectivity index (χ4n) is 1.59. The van der Waals surface area contributed by atoms with Crippen molar-refractivity contribution in [3.8, 4) is 11.8 Å². The summed E-state index contributed by atoms with van der Waals surface area (Å²) in [6.07, 6.45) is 0. The summed E-state index contributed by atoms with van der Waals surface area (Å²) in [6.45, 7) is 3.97. The summed E-state index contributed by atoms with van der Waals surface area (Å²) in [4.78, 5) is 0. The van der Waals surface area contributed by atoms with Crippen LogP contribution >= 0.6 is 11.6 Å². The second kappa shape index (κ2) is 5.11. The van der Waals surface area contributed by atoms with Gasteiger partial charge in [0.2, 0.25) is 0 Å². The molecule has 0 N–H and O–H groups in total. The molecule has 18 heavy (non-hydrogen) atoms. The SMILES string of the molecule is Cc1noc(C)c1COc1cccc(Cl)c1C#N. The molecule has 0 saturated carbocycles. The molecule has 1 heterocycles. The third kappa shape index (κ3) is 2.31. The van der Waals surface area contributed by atoms with E-state index in [1.807, 2.05) is 19.9 Å². The monoisotopic (exact) mass is 262 g/mol. The highest BCUT2D eigenvalue weighted by Gasteiger charge is 2.12. The molecule has 0 atom stereocenters.